The van der Waals surface area contributed by atoms with Crippen molar-refractivity contribution in [2.75, 3.05) is 12.4 Å². The highest BCUT2D eigenvalue weighted by atomic mass is 32.2. The summed E-state index contributed by atoms with van der Waals surface area (Å²) >= 11 is 2.70. The first kappa shape index (κ1) is 32.5. The van der Waals surface area contributed by atoms with E-state index < -0.39 is 16.9 Å². The molecule has 5 aromatic rings. The van der Waals surface area contributed by atoms with E-state index in [0.29, 0.717) is 35.4 Å². The molecule has 0 radical (unpaired) electrons. The molecule has 0 saturated heterocycles. The summed E-state index contributed by atoms with van der Waals surface area (Å²) in [5.41, 5.74) is 2.36. The topological polar surface area (TPSA) is 145 Å². The highest BCUT2D eigenvalue weighted by molar-refractivity contribution is 7.99. The van der Waals surface area contributed by atoms with Crippen molar-refractivity contribution < 1.29 is 23.6 Å². The number of nitrogens with one attached hydrogen (secondary N) is 1. The summed E-state index contributed by atoms with van der Waals surface area (Å²) in [7, 11) is 0. The number of thiophene rings is 1. The van der Waals surface area contributed by atoms with Gasteiger partial charge in [0.15, 0.2) is 11.0 Å². The largest absolute Gasteiger partial charge is 0.494 e. The molecule has 2 aromatic heterocycles. The number of benzene rings is 3. The van der Waals surface area contributed by atoms with E-state index in [1.807, 2.05) is 36.6 Å². The lowest BCUT2D eigenvalue weighted by atomic mass is 10.0. The molecule has 0 saturated carbocycles. The predicted molar refractivity (Wildman–Crippen MR) is 179 cm³/mol. The number of ether oxygens (including phenoxy) is 1. The normalized spacial score (nSPS) is 14.1. The second-order valence-corrected chi connectivity index (χ2v) is 12.4. The van der Waals surface area contributed by atoms with Crippen LogP contribution < -0.4 is 10.1 Å². The third kappa shape index (κ3) is 7.26. The van der Waals surface area contributed by atoms with Crippen LogP contribution in [0.4, 0.5) is 10.1 Å². The van der Waals surface area contributed by atoms with E-state index in [0.717, 1.165) is 16.2 Å². The zero-order valence-corrected chi connectivity index (χ0v) is 27.1. The molecule has 12 nitrogen and oxygen atoms in total. The van der Waals surface area contributed by atoms with Gasteiger partial charge in [0.25, 0.3) is 17.5 Å². The van der Waals surface area contributed by atoms with Crippen LogP contribution in [0.2, 0.25) is 0 Å². The first-order chi connectivity index (χ1) is 23.3. The number of carbonyl (C=O) groups is 2. The summed E-state index contributed by atoms with van der Waals surface area (Å²) in [6.07, 6.45) is 0.490. The van der Waals surface area contributed by atoms with Gasteiger partial charge >= 0.3 is 0 Å². The van der Waals surface area contributed by atoms with E-state index in [4.69, 9.17) is 9.84 Å². The van der Waals surface area contributed by atoms with Crippen LogP contribution in [0.3, 0.4) is 0 Å². The number of hydrogen-bond donors (Lipinski definition) is 1. The molecule has 3 aromatic carbocycles. The Bertz CT molecular complexity index is 1950. The van der Waals surface area contributed by atoms with Gasteiger partial charge in [0.05, 0.1) is 40.5 Å². The minimum Gasteiger partial charge on any atom is -0.494 e. The molecule has 2 amide bonds. The number of aromatic nitrogens is 3. The molecule has 0 fully saturated rings. The zero-order chi connectivity index (χ0) is 33.6. The molecule has 1 N–H and O–H groups in total. The molecular weight excluding hydrogens is 658 g/mol. The van der Waals surface area contributed by atoms with Crippen molar-refractivity contribution in [3.63, 3.8) is 0 Å². The molecule has 0 aliphatic carbocycles. The highest BCUT2D eigenvalue weighted by Gasteiger charge is 2.34. The van der Waals surface area contributed by atoms with Crippen LogP contribution in [-0.2, 0) is 11.3 Å². The number of hydrogen-bond acceptors (Lipinski definition) is 10. The van der Waals surface area contributed by atoms with Crippen molar-refractivity contribution >= 4 is 46.3 Å². The van der Waals surface area contributed by atoms with Crippen LogP contribution >= 0.6 is 23.1 Å². The van der Waals surface area contributed by atoms with E-state index in [1.165, 1.54) is 64.5 Å². The molecule has 3 heterocycles. The number of halogens is 1. The lowest BCUT2D eigenvalue weighted by molar-refractivity contribution is -0.384. The number of rotatable bonds is 12. The van der Waals surface area contributed by atoms with Crippen LogP contribution in [-0.4, -0.2) is 54.6 Å². The number of thioether (sulfide) groups is 1. The predicted octanol–water partition coefficient (Wildman–Crippen LogP) is 6.17. The maximum absolute atomic E-state index is 13.7. The zero-order valence-electron chi connectivity index (χ0n) is 25.5. The van der Waals surface area contributed by atoms with Crippen LogP contribution in [0.25, 0.3) is 5.69 Å². The molecule has 0 bridgehead atoms. The molecule has 0 spiro atoms. The van der Waals surface area contributed by atoms with Crippen molar-refractivity contribution in [3.8, 4) is 11.4 Å². The van der Waals surface area contributed by atoms with Gasteiger partial charge in [0.2, 0.25) is 0 Å². The van der Waals surface area contributed by atoms with E-state index in [1.54, 1.807) is 28.8 Å². The number of hydrazone groups is 1. The Balaban J connectivity index is 1.23. The first-order valence-corrected chi connectivity index (χ1v) is 16.7. The van der Waals surface area contributed by atoms with Gasteiger partial charge in [0, 0.05) is 29.8 Å². The first-order valence-electron chi connectivity index (χ1n) is 14.8. The van der Waals surface area contributed by atoms with Gasteiger partial charge in [-0.1, -0.05) is 30.0 Å². The molecule has 48 heavy (non-hydrogen) atoms. The molecule has 1 aliphatic heterocycles. The number of amides is 2. The van der Waals surface area contributed by atoms with Gasteiger partial charge < -0.3 is 10.1 Å². The van der Waals surface area contributed by atoms with E-state index in [9.17, 15) is 24.1 Å². The number of nitro benzene ring substituents is 1. The minimum absolute atomic E-state index is 0.0161. The van der Waals surface area contributed by atoms with Crippen molar-refractivity contribution in [2.24, 2.45) is 5.10 Å². The number of nitro groups is 1. The summed E-state index contributed by atoms with van der Waals surface area (Å²) in [5.74, 6) is -0.0351. The Morgan fingerprint density at radius 2 is 1.81 bits per heavy atom. The quantitative estimate of drug-likeness (QED) is 0.0932. The van der Waals surface area contributed by atoms with E-state index in [-0.39, 0.29) is 35.3 Å². The van der Waals surface area contributed by atoms with Gasteiger partial charge in [-0.05, 0) is 72.5 Å². The van der Waals surface area contributed by atoms with Crippen molar-refractivity contribution in [2.45, 2.75) is 31.1 Å². The second-order valence-electron chi connectivity index (χ2n) is 10.5. The summed E-state index contributed by atoms with van der Waals surface area (Å²) < 4.78 is 21.1. The average Bonchev–Trinajstić information content (AvgIpc) is 3.88. The molecular formula is C33H28FN7O5S2. The Morgan fingerprint density at radius 3 is 2.48 bits per heavy atom. The van der Waals surface area contributed by atoms with Crippen LogP contribution in [0.5, 0.6) is 5.75 Å². The van der Waals surface area contributed by atoms with Gasteiger partial charge in [-0.15, -0.1) is 21.5 Å². The standard InChI is InChI=1S/C33H28FN7O5S2/c1-2-46-26-15-13-24(14-16-26)39-30(19-35-32(43)22-7-11-25(12-8-22)41(44)45)36-37-33(39)48-20-31(42)40-28(21-5-9-23(34)10-6-21)18-27(38-40)29-4-3-17-47-29/h3-17,28H,2,18-20H2,1H3,(H,35,43)/t28-/m1/s1. The third-order valence-electron chi connectivity index (χ3n) is 7.40. The Labute approximate surface area is 282 Å². The summed E-state index contributed by atoms with van der Waals surface area (Å²) in [5, 5.41) is 30.9. The van der Waals surface area contributed by atoms with E-state index >= 15 is 0 Å². The fourth-order valence-electron chi connectivity index (χ4n) is 5.09. The Morgan fingerprint density at radius 1 is 1.06 bits per heavy atom. The number of carbonyl (C=O) groups excluding carboxylic acids is 2. The van der Waals surface area contributed by atoms with Crippen LogP contribution in [0, 0.1) is 15.9 Å². The number of non-ortho nitro benzene ring substituents is 1. The maximum atomic E-state index is 13.7. The summed E-state index contributed by atoms with van der Waals surface area (Å²) in [4.78, 5) is 38.0. The third-order valence-corrected chi connectivity index (χ3v) is 9.24. The molecule has 1 aliphatic rings. The monoisotopic (exact) mass is 685 g/mol. The second kappa shape index (κ2) is 14.6. The summed E-state index contributed by atoms with van der Waals surface area (Å²) in [6.45, 7) is 2.37. The van der Waals surface area contributed by atoms with Gasteiger partial charge in [-0.25, -0.2) is 9.40 Å². The van der Waals surface area contributed by atoms with Gasteiger partial charge in [-0.3, -0.25) is 24.3 Å². The van der Waals surface area contributed by atoms with Crippen LogP contribution in [0.1, 0.15) is 46.0 Å². The van der Waals surface area contributed by atoms with Crippen LogP contribution in [0.15, 0.2) is 101 Å². The van der Waals surface area contributed by atoms with Gasteiger partial charge in [-0.2, -0.15) is 5.10 Å². The molecule has 15 heteroatoms. The fourth-order valence-corrected chi connectivity index (χ4v) is 6.63. The molecule has 6 rings (SSSR count). The molecule has 1 atom stereocenters. The van der Waals surface area contributed by atoms with Crippen molar-refractivity contribution in [1.82, 2.24) is 25.1 Å². The lowest BCUT2D eigenvalue weighted by Gasteiger charge is -2.22. The smallest absolute Gasteiger partial charge is 0.269 e. The van der Waals surface area contributed by atoms with Crippen molar-refractivity contribution in [3.05, 3.63) is 128 Å². The fraction of sp³-hybridized carbons (Fsp3) is 0.182. The molecule has 244 valence electrons. The lowest BCUT2D eigenvalue weighted by Crippen LogP contribution is -2.28. The number of nitrogens with zero attached hydrogens (tertiary/aromatic N) is 6. The highest BCUT2D eigenvalue weighted by Crippen LogP contribution is 2.35. The minimum atomic E-state index is -0.535. The van der Waals surface area contributed by atoms with E-state index in [2.05, 4.69) is 15.5 Å². The Hall–Kier alpha value is -5.41. The Kier molecular flexibility index (Phi) is 9.87. The summed E-state index contributed by atoms with van der Waals surface area (Å²) in [6, 6.07) is 22.1. The van der Waals surface area contributed by atoms with Crippen molar-refractivity contribution in [1.29, 1.82) is 0 Å². The molecule has 0 unspecified atom stereocenters. The SMILES string of the molecule is CCOc1ccc(-n2c(CNC(=O)c3ccc([N+](=O)[O-])cc3)nnc2SCC(=O)N2N=C(c3cccs3)C[C@@H]2c2ccc(F)cc2)cc1. The van der Waals surface area contributed by atoms with Gasteiger partial charge in [0.1, 0.15) is 11.6 Å². The average molecular weight is 686 g/mol. The maximum Gasteiger partial charge on any atom is 0.269 e.